The van der Waals surface area contributed by atoms with Gasteiger partial charge in [0.15, 0.2) is 0 Å². The van der Waals surface area contributed by atoms with Crippen LogP contribution < -0.4 is 4.74 Å². The maximum absolute atomic E-state index is 8.98. The molecule has 18 heavy (non-hydrogen) atoms. The summed E-state index contributed by atoms with van der Waals surface area (Å²) in [5.74, 6) is 1.00. The van der Waals surface area contributed by atoms with E-state index in [4.69, 9.17) is 21.4 Å². The molecular formula is C13H13ClN2O2. The average Bonchev–Trinajstić information content (AvgIpc) is 2.36. The fraction of sp³-hybridized carbons (Fsp3) is 0.231. The van der Waals surface area contributed by atoms with E-state index in [1.54, 1.807) is 0 Å². The van der Waals surface area contributed by atoms with Crippen LogP contribution in [0.2, 0.25) is 5.02 Å². The van der Waals surface area contributed by atoms with Crippen LogP contribution in [0.15, 0.2) is 24.5 Å². The highest BCUT2D eigenvalue weighted by atomic mass is 35.5. The first kappa shape index (κ1) is 12.8. The monoisotopic (exact) mass is 264 g/mol. The Hall–Kier alpha value is -1.65. The first-order chi connectivity index (χ1) is 8.60. The van der Waals surface area contributed by atoms with Gasteiger partial charge in [0.25, 0.3) is 0 Å². The lowest BCUT2D eigenvalue weighted by Gasteiger charge is -2.09. The largest absolute Gasteiger partial charge is 0.437 e. The highest BCUT2D eigenvalue weighted by Crippen LogP contribution is 2.28. The number of aliphatic hydroxyl groups excluding tert-OH is 1. The number of benzene rings is 1. The highest BCUT2D eigenvalue weighted by Gasteiger charge is 2.06. The molecule has 0 spiro atoms. The molecule has 5 heteroatoms. The Morgan fingerprint density at radius 3 is 2.50 bits per heavy atom. The number of hydrogen-bond acceptors (Lipinski definition) is 4. The molecule has 2 rings (SSSR count). The van der Waals surface area contributed by atoms with Crippen LogP contribution in [-0.2, 0) is 6.61 Å². The third-order valence-corrected chi connectivity index (χ3v) is 3.05. The Balaban J connectivity index is 2.28. The molecule has 94 valence electrons. The summed E-state index contributed by atoms with van der Waals surface area (Å²) in [6, 6.07) is 3.67. The van der Waals surface area contributed by atoms with E-state index in [2.05, 4.69) is 9.97 Å². The summed E-state index contributed by atoms with van der Waals surface area (Å²) in [6.45, 7) is 3.67. The van der Waals surface area contributed by atoms with Gasteiger partial charge in [-0.1, -0.05) is 11.6 Å². The van der Waals surface area contributed by atoms with Gasteiger partial charge in [-0.3, -0.25) is 4.98 Å². The first-order valence-electron chi connectivity index (χ1n) is 5.46. The Bertz CT molecular complexity index is 550. The third-order valence-electron chi connectivity index (χ3n) is 2.46. The van der Waals surface area contributed by atoms with Crippen molar-refractivity contribution < 1.29 is 9.84 Å². The molecule has 1 heterocycles. The van der Waals surface area contributed by atoms with E-state index in [1.807, 2.05) is 26.0 Å². The minimum atomic E-state index is -0.164. The van der Waals surface area contributed by atoms with Crippen molar-refractivity contribution in [1.82, 2.24) is 9.97 Å². The molecule has 1 aromatic carbocycles. The van der Waals surface area contributed by atoms with Crippen molar-refractivity contribution in [3.05, 3.63) is 46.4 Å². The molecule has 0 unspecified atom stereocenters. The predicted octanol–water partition coefficient (Wildman–Crippen LogP) is 3.03. The molecule has 0 aliphatic heterocycles. The van der Waals surface area contributed by atoms with Gasteiger partial charge in [-0.15, -0.1) is 0 Å². The molecule has 0 saturated heterocycles. The van der Waals surface area contributed by atoms with Crippen LogP contribution in [0.25, 0.3) is 0 Å². The summed E-state index contributed by atoms with van der Waals surface area (Å²) in [7, 11) is 0. The lowest BCUT2D eigenvalue weighted by molar-refractivity contribution is 0.274. The van der Waals surface area contributed by atoms with E-state index < -0.39 is 0 Å². The Morgan fingerprint density at radius 2 is 1.89 bits per heavy atom. The summed E-state index contributed by atoms with van der Waals surface area (Å²) in [6.07, 6.45) is 2.99. The van der Waals surface area contributed by atoms with Gasteiger partial charge >= 0.3 is 0 Å². The summed E-state index contributed by atoms with van der Waals surface area (Å²) >= 11 is 6.08. The molecule has 0 amide bonds. The number of aromatic nitrogens is 2. The molecule has 0 aliphatic rings. The second kappa shape index (κ2) is 5.33. The maximum atomic E-state index is 8.98. The van der Waals surface area contributed by atoms with E-state index in [0.717, 1.165) is 16.1 Å². The van der Waals surface area contributed by atoms with Crippen molar-refractivity contribution in [3.63, 3.8) is 0 Å². The highest BCUT2D eigenvalue weighted by molar-refractivity contribution is 6.32. The van der Waals surface area contributed by atoms with Gasteiger partial charge in [0.2, 0.25) is 5.88 Å². The molecule has 2 aromatic rings. The minimum Gasteiger partial charge on any atom is -0.437 e. The van der Waals surface area contributed by atoms with E-state index in [0.29, 0.717) is 17.3 Å². The van der Waals surface area contributed by atoms with Crippen LogP contribution >= 0.6 is 11.6 Å². The molecule has 1 N–H and O–H groups in total. The van der Waals surface area contributed by atoms with Gasteiger partial charge in [0.1, 0.15) is 5.75 Å². The van der Waals surface area contributed by atoms with Crippen molar-refractivity contribution in [2.24, 2.45) is 0 Å². The molecule has 0 atom stereocenters. The molecule has 0 aliphatic carbocycles. The number of aryl methyl sites for hydroxylation is 2. The third kappa shape index (κ3) is 2.78. The number of nitrogens with zero attached hydrogens (tertiary/aromatic N) is 2. The zero-order valence-electron chi connectivity index (χ0n) is 10.1. The van der Waals surface area contributed by atoms with Gasteiger partial charge in [-0.2, -0.15) is 0 Å². The molecule has 4 nitrogen and oxygen atoms in total. The molecular weight excluding hydrogens is 252 g/mol. The Labute approximate surface area is 110 Å². The molecule has 0 radical (unpaired) electrons. The second-order valence-corrected chi connectivity index (χ2v) is 4.36. The van der Waals surface area contributed by atoms with Crippen LogP contribution in [0.5, 0.6) is 11.6 Å². The fourth-order valence-electron chi connectivity index (χ4n) is 1.60. The van der Waals surface area contributed by atoms with Crippen molar-refractivity contribution in [1.29, 1.82) is 0 Å². The van der Waals surface area contributed by atoms with Crippen LogP contribution in [-0.4, -0.2) is 15.1 Å². The zero-order valence-corrected chi connectivity index (χ0v) is 10.9. The topological polar surface area (TPSA) is 55.2 Å². The SMILES string of the molecule is Cc1cc(Oc2cncc(CO)n2)cc(C)c1Cl. The Morgan fingerprint density at radius 1 is 1.22 bits per heavy atom. The molecule has 0 saturated carbocycles. The lowest BCUT2D eigenvalue weighted by atomic mass is 10.1. The minimum absolute atomic E-state index is 0.164. The van der Waals surface area contributed by atoms with Gasteiger partial charge in [-0.25, -0.2) is 4.98 Å². The van der Waals surface area contributed by atoms with Crippen molar-refractivity contribution in [2.75, 3.05) is 0 Å². The molecule has 1 aromatic heterocycles. The van der Waals surface area contributed by atoms with E-state index in [1.165, 1.54) is 12.4 Å². The van der Waals surface area contributed by atoms with Crippen molar-refractivity contribution in [3.8, 4) is 11.6 Å². The van der Waals surface area contributed by atoms with Crippen LogP contribution in [0.1, 0.15) is 16.8 Å². The van der Waals surface area contributed by atoms with Gasteiger partial charge in [-0.05, 0) is 37.1 Å². The van der Waals surface area contributed by atoms with Crippen LogP contribution in [0.4, 0.5) is 0 Å². The van der Waals surface area contributed by atoms with Gasteiger partial charge in [0.05, 0.1) is 24.7 Å². The summed E-state index contributed by atoms with van der Waals surface area (Å²) in [4.78, 5) is 8.04. The number of ether oxygens (including phenoxy) is 1. The molecule has 0 fully saturated rings. The summed E-state index contributed by atoms with van der Waals surface area (Å²) < 4.78 is 5.59. The van der Waals surface area contributed by atoms with Gasteiger partial charge in [0, 0.05) is 5.02 Å². The average molecular weight is 265 g/mol. The van der Waals surface area contributed by atoms with E-state index in [-0.39, 0.29) is 6.61 Å². The predicted molar refractivity (Wildman–Crippen MR) is 69.0 cm³/mol. The standard InChI is InChI=1S/C13H13ClN2O2/c1-8-3-11(4-9(2)13(8)14)18-12-6-15-5-10(7-17)16-12/h3-6,17H,7H2,1-2H3. The van der Waals surface area contributed by atoms with Crippen molar-refractivity contribution >= 4 is 11.6 Å². The number of halogens is 1. The molecule has 0 bridgehead atoms. The van der Waals surface area contributed by atoms with Gasteiger partial charge < -0.3 is 9.84 Å². The van der Waals surface area contributed by atoms with Crippen LogP contribution in [0, 0.1) is 13.8 Å². The normalized spacial score (nSPS) is 10.4. The van der Waals surface area contributed by atoms with Crippen molar-refractivity contribution in [2.45, 2.75) is 20.5 Å². The number of hydrogen-bond donors (Lipinski definition) is 1. The Kier molecular flexibility index (Phi) is 3.79. The fourth-order valence-corrected chi connectivity index (χ4v) is 1.71. The summed E-state index contributed by atoms with van der Waals surface area (Å²) in [5.41, 5.74) is 2.35. The zero-order chi connectivity index (χ0) is 13.1. The number of rotatable bonds is 3. The second-order valence-electron chi connectivity index (χ2n) is 3.98. The lowest BCUT2D eigenvalue weighted by Crippen LogP contribution is -1.95. The van der Waals surface area contributed by atoms with Crippen LogP contribution in [0.3, 0.4) is 0 Å². The number of aliphatic hydroxyl groups is 1. The van der Waals surface area contributed by atoms with E-state index in [9.17, 15) is 0 Å². The smallest absolute Gasteiger partial charge is 0.238 e. The quantitative estimate of drug-likeness (QED) is 0.926. The van der Waals surface area contributed by atoms with E-state index >= 15 is 0 Å². The summed E-state index contributed by atoms with van der Waals surface area (Å²) in [5, 5.41) is 9.71. The maximum Gasteiger partial charge on any atom is 0.238 e. The first-order valence-corrected chi connectivity index (χ1v) is 5.84.